The minimum absolute atomic E-state index is 0.149. The summed E-state index contributed by atoms with van der Waals surface area (Å²) in [7, 11) is 0. The summed E-state index contributed by atoms with van der Waals surface area (Å²) in [5.41, 5.74) is 7.05. The Morgan fingerprint density at radius 1 is 1.31 bits per heavy atom. The number of nitrogens with zero attached hydrogens (tertiary/aromatic N) is 1. The first-order valence-corrected chi connectivity index (χ1v) is 5.85. The van der Waals surface area contributed by atoms with Gasteiger partial charge in [-0.1, -0.05) is 19.9 Å². The number of anilines is 1. The maximum atomic E-state index is 13.8. The highest BCUT2D eigenvalue weighted by atomic mass is 19.1. The lowest BCUT2D eigenvalue weighted by Crippen LogP contribution is -2.20. The van der Waals surface area contributed by atoms with Crippen molar-refractivity contribution in [2.75, 3.05) is 18.0 Å². The Morgan fingerprint density at radius 2 is 1.94 bits per heavy atom. The molecule has 3 heteroatoms. The van der Waals surface area contributed by atoms with Crippen molar-refractivity contribution in [3.8, 4) is 0 Å². The topological polar surface area (TPSA) is 29.3 Å². The van der Waals surface area contributed by atoms with E-state index >= 15 is 0 Å². The third-order valence-corrected chi connectivity index (χ3v) is 3.58. The lowest BCUT2D eigenvalue weighted by atomic mass is 10.0. The number of benzene rings is 1. The zero-order chi connectivity index (χ0) is 11.7. The van der Waals surface area contributed by atoms with Gasteiger partial charge in [0.2, 0.25) is 0 Å². The molecule has 2 N–H and O–H groups in total. The molecule has 1 aromatic rings. The Kier molecular flexibility index (Phi) is 3.15. The molecule has 0 saturated carbocycles. The Bertz CT molecular complexity index is 368. The van der Waals surface area contributed by atoms with E-state index in [0.717, 1.165) is 18.7 Å². The monoisotopic (exact) mass is 222 g/mol. The summed E-state index contributed by atoms with van der Waals surface area (Å²) in [4.78, 5) is 2.13. The zero-order valence-corrected chi connectivity index (χ0v) is 9.91. The van der Waals surface area contributed by atoms with E-state index < -0.39 is 0 Å². The van der Waals surface area contributed by atoms with Crippen LogP contribution in [0.15, 0.2) is 18.2 Å². The van der Waals surface area contributed by atoms with Gasteiger partial charge >= 0.3 is 0 Å². The quantitative estimate of drug-likeness (QED) is 0.832. The van der Waals surface area contributed by atoms with Gasteiger partial charge in [0.15, 0.2) is 0 Å². The number of nitrogens with two attached hydrogens (primary N) is 1. The molecular formula is C13H19FN2. The lowest BCUT2D eigenvalue weighted by molar-refractivity contribution is 0.494. The summed E-state index contributed by atoms with van der Waals surface area (Å²) in [6, 6.07) is 5.30. The minimum atomic E-state index is -0.149. The van der Waals surface area contributed by atoms with E-state index in [4.69, 9.17) is 5.73 Å². The normalized spacial score (nSPS) is 25.1. The van der Waals surface area contributed by atoms with Crippen molar-refractivity contribution in [3.63, 3.8) is 0 Å². The Labute approximate surface area is 96.2 Å². The van der Waals surface area contributed by atoms with Crippen LogP contribution in [0, 0.1) is 17.7 Å². The van der Waals surface area contributed by atoms with E-state index in [9.17, 15) is 4.39 Å². The predicted molar refractivity (Wildman–Crippen MR) is 64.8 cm³/mol. The van der Waals surface area contributed by atoms with Crippen molar-refractivity contribution in [1.29, 1.82) is 0 Å². The molecule has 1 saturated heterocycles. The highest BCUT2D eigenvalue weighted by molar-refractivity contribution is 5.50. The molecular weight excluding hydrogens is 203 g/mol. The summed E-state index contributed by atoms with van der Waals surface area (Å²) in [5, 5.41) is 0. The van der Waals surface area contributed by atoms with Gasteiger partial charge in [-0.05, 0) is 29.5 Å². The second kappa shape index (κ2) is 4.42. The zero-order valence-electron chi connectivity index (χ0n) is 9.91. The number of halogens is 1. The molecule has 2 unspecified atom stereocenters. The van der Waals surface area contributed by atoms with E-state index in [1.54, 1.807) is 6.07 Å². The second-order valence-corrected chi connectivity index (χ2v) is 4.85. The summed E-state index contributed by atoms with van der Waals surface area (Å²) in [5.74, 6) is 1.12. The van der Waals surface area contributed by atoms with Gasteiger partial charge in [0.1, 0.15) is 5.82 Å². The molecule has 2 atom stereocenters. The van der Waals surface area contributed by atoms with Crippen LogP contribution in [0.2, 0.25) is 0 Å². The third kappa shape index (κ3) is 2.05. The number of rotatable bonds is 2. The molecule has 1 aliphatic rings. The van der Waals surface area contributed by atoms with Gasteiger partial charge < -0.3 is 10.6 Å². The maximum Gasteiger partial charge on any atom is 0.146 e. The van der Waals surface area contributed by atoms with Crippen molar-refractivity contribution >= 4 is 5.69 Å². The van der Waals surface area contributed by atoms with Crippen LogP contribution >= 0.6 is 0 Å². The highest BCUT2D eigenvalue weighted by Crippen LogP contribution is 2.29. The van der Waals surface area contributed by atoms with Crippen LogP contribution in [-0.2, 0) is 6.54 Å². The maximum absolute atomic E-state index is 13.8. The summed E-state index contributed by atoms with van der Waals surface area (Å²) < 4.78 is 13.8. The molecule has 1 fully saturated rings. The summed E-state index contributed by atoms with van der Waals surface area (Å²) >= 11 is 0. The molecule has 0 aromatic heterocycles. The Morgan fingerprint density at radius 3 is 2.44 bits per heavy atom. The van der Waals surface area contributed by atoms with Crippen LogP contribution in [0.3, 0.4) is 0 Å². The third-order valence-electron chi connectivity index (χ3n) is 3.58. The molecule has 1 heterocycles. The van der Waals surface area contributed by atoms with Crippen molar-refractivity contribution < 1.29 is 4.39 Å². The average Bonchev–Trinajstić information content (AvgIpc) is 2.58. The van der Waals surface area contributed by atoms with Gasteiger partial charge in [-0.3, -0.25) is 0 Å². The minimum Gasteiger partial charge on any atom is -0.369 e. The van der Waals surface area contributed by atoms with Crippen LogP contribution in [0.25, 0.3) is 0 Å². The summed E-state index contributed by atoms with van der Waals surface area (Å²) in [6.07, 6.45) is 0. The molecule has 2 nitrogen and oxygen atoms in total. The predicted octanol–water partition coefficient (Wildman–Crippen LogP) is 2.38. The lowest BCUT2D eigenvalue weighted by Gasteiger charge is -2.19. The van der Waals surface area contributed by atoms with E-state index in [1.807, 2.05) is 12.1 Å². The second-order valence-electron chi connectivity index (χ2n) is 4.85. The molecule has 1 aliphatic heterocycles. The fraction of sp³-hybridized carbons (Fsp3) is 0.538. The molecule has 0 aliphatic carbocycles. The van der Waals surface area contributed by atoms with Gasteiger partial charge in [0.05, 0.1) is 5.69 Å². The summed E-state index contributed by atoms with van der Waals surface area (Å²) in [6.45, 7) is 6.72. The van der Waals surface area contributed by atoms with Crippen LogP contribution in [0.5, 0.6) is 0 Å². The molecule has 88 valence electrons. The number of hydrogen-bond acceptors (Lipinski definition) is 2. The van der Waals surface area contributed by atoms with Gasteiger partial charge in [-0.15, -0.1) is 0 Å². The smallest absolute Gasteiger partial charge is 0.146 e. The molecule has 1 aromatic carbocycles. The fourth-order valence-electron chi connectivity index (χ4n) is 2.26. The van der Waals surface area contributed by atoms with Crippen molar-refractivity contribution in [3.05, 3.63) is 29.6 Å². The van der Waals surface area contributed by atoms with E-state index in [0.29, 0.717) is 24.1 Å². The molecule has 0 amide bonds. The van der Waals surface area contributed by atoms with Gasteiger partial charge in [0, 0.05) is 19.6 Å². The molecule has 2 rings (SSSR count). The standard InChI is InChI=1S/C13H19FN2/c1-9-7-16(8-10(9)2)13-4-3-11(6-15)5-12(13)14/h3-5,9-10H,6-8,15H2,1-2H3. The molecule has 16 heavy (non-hydrogen) atoms. The van der Waals surface area contributed by atoms with Crippen molar-refractivity contribution in [2.45, 2.75) is 20.4 Å². The number of hydrogen-bond donors (Lipinski definition) is 1. The fourth-order valence-corrected chi connectivity index (χ4v) is 2.26. The van der Waals surface area contributed by atoms with Gasteiger partial charge in [-0.2, -0.15) is 0 Å². The Balaban J connectivity index is 2.22. The first-order chi connectivity index (χ1) is 7.61. The van der Waals surface area contributed by atoms with Crippen molar-refractivity contribution in [1.82, 2.24) is 0 Å². The first-order valence-electron chi connectivity index (χ1n) is 5.85. The largest absolute Gasteiger partial charge is 0.369 e. The first kappa shape index (κ1) is 11.4. The van der Waals surface area contributed by atoms with Crippen LogP contribution in [-0.4, -0.2) is 13.1 Å². The van der Waals surface area contributed by atoms with Crippen LogP contribution in [0.1, 0.15) is 19.4 Å². The van der Waals surface area contributed by atoms with Crippen LogP contribution in [0.4, 0.5) is 10.1 Å². The average molecular weight is 222 g/mol. The molecule has 0 bridgehead atoms. The SMILES string of the molecule is CC1CN(c2ccc(CN)cc2F)CC1C. The van der Waals surface area contributed by atoms with E-state index in [2.05, 4.69) is 18.7 Å². The highest BCUT2D eigenvalue weighted by Gasteiger charge is 2.27. The van der Waals surface area contributed by atoms with Crippen LogP contribution < -0.4 is 10.6 Å². The van der Waals surface area contributed by atoms with Crippen molar-refractivity contribution in [2.24, 2.45) is 17.6 Å². The van der Waals surface area contributed by atoms with Gasteiger partial charge in [0.25, 0.3) is 0 Å². The van der Waals surface area contributed by atoms with E-state index in [1.165, 1.54) is 0 Å². The molecule has 0 spiro atoms. The Hall–Kier alpha value is -1.09. The van der Waals surface area contributed by atoms with E-state index in [-0.39, 0.29) is 5.82 Å². The molecule has 0 radical (unpaired) electrons. The van der Waals surface area contributed by atoms with Gasteiger partial charge in [-0.25, -0.2) is 4.39 Å².